The van der Waals surface area contributed by atoms with Crippen molar-refractivity contribution < 1.29 is 79.5 Å². The van der Waals surface area contributed by atoms with Gasteiger partial charge in [-0.05, 0) is 91.9 Å². The summed E-state index contributed by atoms with van der Waals surface area (Å²) in [5.74, 6) is -2.73. The summed E-state index contributed by atoms with van der Waals surface area (Å²) in [6.07, 6.45) is -0.276. The molecule has 3 aromatic heterocycles. The Labute approximate surface area is 472 Å². The van der Waals surface area contributed by atoms with E-state index in [4.69, 9.17) is 10.5 Å². The number of hydrogen-bond acceptors (Lipinski definition) is 25. The zero-order valence-electron chi connectivity index (χ0n) is 42.0. The number of nitrogens with one attached hydrogen (secondary N) is 1. The van der Waals surface area contributed by atoms with Gasteiger partial charge in [0.25, 0.3) is 50.6 Å². The van der Waals surface area contributed by atoms with E-state index in [1.165, 1.54) is 43.3 Å². The number of nitrogens with two attached hydrogens (primary N) is 1. The number of aryl methyl sites for hydroxylation is 1. The van der Waals surface area contributed by atoms with Crippen LogP contribution in [0.25, 0.3) is 37.7 Å². The summed E-state index contributed by atoms with van der Waals surface area (Å²) in [4.78, 5) is 18.6. The molecule has 0 bridgehead atoms. The quantitative estimate of drug-likeness (QED) is 0.0116. The third-order valence-electron chi connectivity index (χ3n) is 11.6. The van der Waals surface area contributed by atoms with Gasteiger partial charge in [0.15, 0.2) is 11.3 Å². The number of nitriles is 1. The molecule has 0 aliphatic heterocycles. The maximum absolute atomic E-state index is 12.6. The second kappa shape index (κ2) is 22.9. The number of thiazole rings is 1. The normalized spacial score (nSPS) is 13.0. The summed E-state index contributed by atoms with van der Waals surface area (Å²) in [5.41, 5.74) is 4.86. The van der Waals surface area contributed by atoms with Crippen LogP contribution in [0.5, 0.6) is 11.6 Å². The van der Waals surface area contributed by atoms with Crippen LogP contribution in [0.3, 0.4) is 0 Å². The summed E-state index contributed by atoms with van der Waals surface area (Å²) in [7, 11) is -23.5. The van der Waals surface area contributed by atoms with Crippen LogP contribution in [0, 0.1) is 25.2 Å². The molecule has 37 heteroatoms. The van der Waals surface area contributed by atoms with Crippen LogP contribution in [-0.4, -0.2) is 114 Å². The van der Waals surface area contributed by atoms with Crippen LogP contribution in [-0.2, 0) is 55.4 Å². The van der Waals surface area contributed by atoms with Crippen molar-refractivity contribution in [2.75, 3.05) is 34.9 Å². The Hall–Kier alpha value is -7.74. The van der Waals surface area contributed by atoms with E-state index in [1.807, 2.05) is 6.07 Å². The van der Waals surface area contributed by atoms with Crippen LogP contribution in [0.1, 0.15) is 36.5 Å². The topological polar surface area (TPSA) is 485 Å². The molecule has 0 aliphatic carbocycles. The maximum atomic E-state index is 12.6. The van der Waals surface area contributed by atoms with E-state index < -0.39 is 94.1 Å². The fourth-order valence-electron chi connectivity index (χ4n) is 7.97. The van der Waals surface area contributed by atoms with E-state index in [1.54, 1.807) is 6.92 Å². The van der Waals surface area contributed by atoms with Crippen LogP contribution in [0.4, 0.5) is 44.9 Å². The first kappa shape index (κ1) is 60.4. The number of fused-ring (bicyclic) bond motifs is 6. The maximum Gasteiger partial charge on any atom is 0.298 e. The molecule has 8 aromatic rings. The fraction of sp³-hybridized carbons (Fsp3) is 0.200. The van der Waals surface area contributed by atoms with Gasteiger partial charge in [-0.1, -0.05) is 17.4 Å². The Balaban J connectivity index is 1.18. The number of nitrogen functional groups attached to an aromatic ring is 1. The third-order valence-corrected chi connectivity index (χ3v) is 17.9. The number of carbonyl (C=O) groups excluding carboxylic acids is 1. The van der Waals surface area contributed by atoms with Gasteiger partial charge in [0.1, 0.15) is 55.3 Å². The molecule has 1 amide bonds. The molecular formula is C45H40N12O18S7. The first-order chi connectivity index (χ1) is 38.2. The predicted molar refractivity (Wildman–Crippen MR) is 298 cm³/mol. The summed E-state index contributed by atoms with van der Waals surface area (Å²) in [6.45, 7) is 3.71. The standard InChI is InChI=1S/C45H40N12O18S7/c1-21-14-32(53-55-38-22(2)27(20-46)43-49-39-34(57(43)44(38)59)9-8-29(48-23(3)58)42(39)82(72,73)74)35(75-10-4-12-78(60,61)62)18-30(21)51-54-33-17-28(47)31(19-36(33)76-11-5-13-79(63,64)65)52-56-45-50-40-37(81(69,70)71)16-24-15-25(80(66,67)68)6-7-26(24)41(40)77-45/h6-9,14-19,59H,4-5,10-13,47H2,1-3H3,(H,48,58)(H,60,61,62)(H,63,64,65)(H,66,67,68)(H,69,70,71)(H,72,73,74). The molecule has 0 aliphatic rings. The Morgan fingerprint density at radius 2 is 1.44 bits per heavy atom. The number of rotatable bonds is 20. The van der Waals surface area contributed by atoms with E-state index in [9.17, 15) is 80.0 Å². The number of thioether (sulfide) groups is 1. The molecule has 5 aromatic carbocycles. The van der Waals surface area contributed by atoms with Crippen LogP contribution < -0.4 is 15.8 Å². The first-order valence-corrected chi connectivity index (χ1v) is 32.2. The minimum absolute atomic E-state index is 0.000791. The Kier molecular flexibility index (Phi) is 16.9. The first-order valence-electron chi connectivity index (χ1n) is 22.9. The number of carbonyl (C=O) groups is 1. The number of aromatic nitrogens is 3. The Morgan fingerprint density at radius 3 is 2.09 bits per heavy atom. The van der Waals surface area contributed by atoms with Crippen molar-refractivity contribution in [2.24, 2.45) is 30.7 Å². The summed E-state index contributed by atoms with van der Waals surface area (Å²) >= 11 is 1.85. The Morgan fingerprint density at radius 1 is 0.768 bits per heavy atom. The van der Waals surface area contributed by atoms with Gasteiger partial charge >= 0.3 is 0 Å². The van der Waals surface area contributed by atoms with Crippen molar-refractivity contribution >= 4 is 162 Å². The van der Waals surface area contributed by atoms with Crippen molar-refractivity contribution in [3.63, 3.8) is 0 Å². The fourth-order valence-corrected chi connectivity index (χ4v) is 13.1. The third kappa shape index (κ3) is 13.4. The average Bonchev–Trinajstić information content (AvgIpc) is 3.29. The molecule has 8 rings (SSSR count). The lowest BCUT2D eigenvalue weighted by Gasteiger charge is -2.12. The molecule has 30 nitrogen and oxygen atoms in total. The van der Waals surface area contributed by atoms with Gasteiger partial charge in [-0.3, -0.25) is 32.0 Å². The van der Waals surface area contributed by atoms with Crippen molar-refractivity contribution in [1.29, 1.82) is 5.26 Å². The number of azo groups is 3. The minimum atomic E-state index is -5.09. The summed E-state index contributed by atoms with van der Waals surface area (Å²) in [6, 6.07) is 14.2. The molecule has 0 radical (unpaired) electrons. The van der Waals surface area contributed by atoms with Crippen LogP contribution in [0.2, 0.25) is 0 Å². The van der Waals surface area contributed by atoms with Crippen molar-refractivity contribution in [3.8, 4) is 17.7 Å². The lowest BCUT2D eigenvalue weighted by molar-refractivity contribution is -0.114. The monoisotopic (exact) mass is 1260 g/mol. The van der Waals surface area contributed by atoms with Gasteiger partial charge in [0.05, 0.1) is 50.3 Å². The van der Waals surface area contributed by atoms with Crippen molar-refractivity contribution in [3.05, 3.63) is 77.4 Å². The number of ether oxygens (including phenoxy) is 1. The molecule has 0 saturated carbocycles. The molecule has 0 fully saturated rings. The predicted octanol–water partition coefficient (Wildman–Crippen LogP) is 9.00. The molecule has 0 saturated heterocycles. The highest BCUT2D eigenvalue weighted by molar-refractivity contribution is 7.99. The average molecular weight is 1260 g/mol. The van der Waals surface area contributed by atoms with Gasteiger partial charge < -0.3 is 20.9 Å². The number of amides is 1. The van der Waals surface area contributed by atoms with Crippen LogP contribution >= 0.6 is 23.1 Å². The SMILES string of the molecule is CC(=O)Nc1ccc2c(nc3c(C#N)c(C)c(N=Nc4cc(C)c(N=Nc5cc(N)c(N=Nc6nc7c(S(=O)(=O)O)cc8cc(S(=O)(=O)O)ccc8c7s6)cc5SCCCS(=O)(=O)O)cc4OCCCS(=O)(=O)O)c(O)n32)c1S(=O)(=O)O. The van der Waals surface area contributed by atoms with E-state index in [-0.39, 0.29) is 124 Å². The number of nitrogens with zero attached hydrogens (tertiary/aromatic N) is 10. The molecule has 0 atom stereocenters. The minimum Gasteiger partial charge on any atom is -0.493 e. The van der Waals surface area contributed by atoms with Crippen LogP contribution in [0.15, 0.2) is 111 Å². The van der Waals surface area contributed by atoms with E-state index in [0.29, 0.717) is 5.56 Å². The van der Waals surface area contributed by atoms with Crippen molar-refractivity contribution in [1.82, 2.24) is 14.4 Å². The highest BCUT2D eigenvalue weighted by Gasteiger charge is 2.28. The molecule has 9 N–H and O–H groups in total. The van der Waals surface area contributed by atoms with E-state index in [2.05, 4.69) is 46.0 Å². The second-order valence-electron chi connectivity index (χ2n) is 17.5. The molecule has 82 heavy (non-hydrogen) atoms. The largest absolute Gasteiger partial charge is 0.493 e. The van der Waals surface area contributed by atoms with E-state index in [0.717, 1.165) is 58.7 Å². The highest BCUT2D eigenvalue weighted by atomic mass is 32.2. The lowest BCUT2D eigenvalue weighted by Crippen LogP contribution is -2.11. The number of anilines is 2. The molecular weight excluding hydrogens is 1220 g/mol. The highest BCUT2D eigenvalue weighted by Crippen LogP contribution is 2.45. The lowest BCUT2D eigenvalue weighted by atomic mass is 10.1. The molecule has 0 unspecified atom stereocenters. The van der Waals surface area contributed by atoms with Gasteiger partial charge in [0, 0.05) is 28.8 Å². The number of benzene rings is 5. The molecule has 0 spiro atoms. The summed E-state index contributed by atoms with van der Waals surface area (Å²) in [5, 5.41) is 50.1. The van der Waals surface area contributed by atoms with Gasteiger partial charge in [-0.15, -0.1) is 37.3 Å². The molecule has 3 heterocycles. The van der Waals surface area contributed by atoms with E-state index >= 15 is 0 Å². The van der Waals surface area contributed by atoms with Gasteiger partial charge in [-0.2, -0.15) is 52.5 Å². The van der Waals surface area contributed by atoms with Crippen molar-refractivity contribution in [2.45, 2.75) is 53.2 Å². The zero-order chi connectivity index (χ0) is 60.0. The smallest absolute Gasteiger partial charge is 0.298 e. The van der Waals surface area contributed by atoms with Gasteiger partial charge in [-0.25, -0.2) is 9.97 Å². The number of aromatic hydroxyl groups is 1. The molecule has 430 valence electrons. The number of imidazole rings is 1. The summed E-state index contributed by atoms with van der Waals surface area (Å²) < 4.78 is 176. The zero-order valence-corrected chi connectivity index (χ0v) is 47.7. The number of pyridine rings is 1. The second-order valence-corrected chi connectivity index (χ2v) is 26.9. The Bertz CT molecular complexity index is 4750. The van der Waals surface area contributed by atoms with Gasteiger partial charge in [0.2, 0.25) is 16.9 Å². The number of hydrogen-bond donors (Lipinski definition) is 8.